The first-order chi connectivity index (χ1) is 9.13. The molecule has 0 radical (unpaired) electrons. The Kier molecular flexibility index (Phi) is 2.68. The molecule has 1 aromatic heterocycles. The maximum absolute atomic E-state index is 11.6. The second-order valence-corrected chi connectivity index (χ2v) is 4.20. The summed E-state index contributed by atoms with van der Waals surface area (Å²) in [6, 6.07) is 5.07. The number of ether oxygens (including phenoxy) is 1. The van der Waals surface area contributed by atoms with Crippen LogP contribution in [0.15, 0.2) is 22.6 Å². The lowest BCUT2D eigenvalue weighted by Gasteiger charge is -2.23. The number of anilines is 1. The zero-order chi connectivity index (χ0) is 13.4. The van der Waals surface area contributed by atoms with Crippen molar-refractivity contribution in [1.29, 1.82) is 0 Å². The number of nitrogens with zero attached hydrogens (tertiary/aromatic N) is 2. The first-order valence-corrected chi connectivity index (χ1v) is 5.69. The molecule has 1 aromatic carbocycles. The van der Waals surface area contributed by atoms with Gasteiger partial charge in [-0.15, -0.1) is 0 Å². The monoisotopic (exact) mass is 261 g/mol. The lowest BCUT2D eigenvalue weighted by atomic mass is 10.3. The number of hydrogen-bond donors (Lipinski definition) is 1. The number of aromatic nitrogens is 1. The molecule has 7 heteroatoms. The molecular weight excluding hydrogens is 250 g/mol. The van der Waals surface area contributed by atoms with E-state index < -0.39 is 11.8 Å². The second kappa shape index (κ2) is 4.36. The molecular formula is C12H11N3O4. The summed E-state index contributed by atoms with van der Waals surface area (Å²) < 4.78 is 10.3. The number of carbonyl (C=O) groups is 2. The number of imide groups is 1. The Bertz CT molecular complexity index is 648. The molecule has 0 unspecified atom stereocenters. The van der Waals surface area contributed by atoms with Gasteiger partial charge in [-0.3, -0.25) is 14.5 Å². The highest BCUT2D eigenvalue weighted by Crippen LogP contribution is 2.19. The second-order valence-electron chi connectivity index (χ2n) is 4.20. The third-order valence-corrected chi connectivity index (χ3v) is 2.80. The molecule has 0 saturated carbocycles. The SMILES string of the molecule is Nc1ccc2oc(CN3C(=O)COCC3=O)nc2c1. The maximum Gasteiger partial charge on any atom is 0.255 e. The van der Waals surface area contributed by atoms with Gasteiger partial charge in [0.15, 0.2) is 5.58 Å². The molecule has 19 heavy (non-hydrogen) atoms. The van der Waals surface area contributed by atoms with Crippen molar-refractivity contribution >= 4 is 28.6 Å². The Morgan fingerprint density at radius 3 is 2.74 bits per heavy atom. The van der Waals surface area contributed by atoms with Crippen LogP contribution in [-0.4, -0.2) is 34.9 Å². The van der Waals surface area contributed by atoms with E-state index in [0.717, 1.165) is 4.90 Å². The van der Waals surface area contributed by atoms with Gasteiger partial charge in [-0.25, -0.2) is 4.98 Å². The average Bonchev–Trinajstić information content (AvgIpc) is 2.75. The molecule has 0 bridgehead atoms. The first-order valence-electron chi connectivity index (χ1n) is 5.69. The Morgan fingerprint density at radius 1 is 1.26 bits per heavy atom. The standard InChI is InChI=1S/C12H11N3O4/c13-7-1-2-9-8(3-7)14-10(19-9)4-15-11(16)5-18-6-12(15)17/h1-3H,4-6,13H2. The van der Waals surface area contributed by atoms with Gasteiger partial charge in [0, 0.05) is 5.69 Å². The van der Waals surface area contributed by atoms with Crippen LogP contribution in [0.5, 0.6) is 0 Å². The fourth-order valence-corrected chi connectivity index (χ4v) is 1.89. The van der Waals surface area contributed by atoms with E-state index in [1.807, 2.05) is 0 Å². The summed E-state index contributed by atoms with van der Waals surface area (Å²) >= 11 is 0. The quantitative estimate of drug-likeness (QED) is 0.616. The van der Waals surface area contributed by atoms with Gasteiger partial charge in [-0.2, -0.15) is 0 Å². The minimum absolute atomic E-state index is 0.00954. The zero-order valence-corrected chi connectivity index (χ0v) is 9.96. The van der Waals surface area contributed by atoms with Gasteiger partial charge >= 0.3 is 0 Å². The number of fused-ring (bicyclic) bond motifs is 1. The molecule has 1 saturated heterocycles. The maximum atomic E-state index is 11.6. The highest BCUT2D eigenvalue weighted by molar-refractivity contribution is 5.98. The van der Waals surface area contributed by atoms with Crippen LogP contribution in [0, 0.1) is 0 Å². The Morgan fingerprint density at radius 2 is 2.00 bits per heavy atom. The highest BCUT2D eigenvalue weighted by atomic mass is 16.5. The van der Waals surface area contributed by atoms with Gasteiger partial charge in [-0.1, -0.05) is 0 Å². The van der Waals surface area contributed by atoms with E-state index in [0.29, 0.717) is 22.7 Å². The van der Waals surface area contributed by atoms with Crippen molar-refractivity contribution in [2.75, 3.05) is 18.9 Å². The van der Waals surface area contributed by atoms with Crippen LogP contribution in [0.1, 0.15) is 5.89 Å². The predicted molar refractivity (Wildman–Crippen MR) is 64.8 cm³/mol. The summed E-state index contributed by atoms with van der Waals surface area (Å²) in [6.07, 6.45) is 0. The minimum Gasteiger partial charge on any atom is -0.439 e. The normalized spacial score (nSPS) is 16.3. The molecule has 1 aliphatic heterocycles. The summed E-state index contributed by atoms with van der Waals surface area (Å²) in [6.45, 7) is -0.187. The molecule has 1 fully saturated rings. The molecule has 98 valence electrons. The predicted octanol–water partition coefficient (Wildman–Crippen LogP) is 0.295. The number of oxazole rings is 1. The third kappa shape index (κ3) is 2.15. The van der Waals surface area contributed by atoms with Crippen LogP contribution in [0.4, 0.5) is 5.69 Å². The van der Waals surface area contributed by atoms with E-state index in [9.17, 15) is 9.59 Å². The van der Waals surface area contributed by atoms with Crippen LogP contribution in [-0.2, 0) is 20.9 Å². The molecule has 2 aromatic rings. The number of morpholine rings is 1. The molecule has 0 spiro atoms. The van der Waals surface area contributed by atoms with Crippen LogP contribution < -0.4 is 5.73 Å². The van der Waals surface area contributed by atoms with Crippen molar-refractivity contribution in [2.24, 2.45) is 0 Å². The smallest absolute Gasteiger partial charge is 0.255 e. The lowest BCUT2D eigenvalue weighted by Crippen LogP contribution is -2.45. The summed E-state index contributed by atoms with van der Waals surface area (Å²) in [4.78, 5) is 28.4. The van der Waals surface area contributed by atoms with Gasteiger partial charge in [0.2, 0.25) is 5.89 Å². The van der Waals surface area contributed by atoms with Crippen molar-refractivity contribution in [3.05, 3.63) is 24.1 Å². The van der Waals surface area contributed by atoms with Crippen LogP contribution >= 0.6 is 0 Å². The van der Waals surface area contributed by atoms with Crippen molar-refractivity contribution < 1.29 is 18.7 Å². The van der Waals surface area contributed by atoms with Gasteiger partial charge in [-0.05, 0) is 18.2 Å². The molecule has 0 aliphatic carbocycles. The van der Waals surface area contributed by atoms with Gasteiger partial charge in [0.1, 0.15) is 25.3 Å². The molecule has 0 atom stereocenters. The van der Waals surface area contributed by atoms with Gasteiger partial charge < -0.3 is 14.9 Å². The Hall–Kier alpha value is -2.41. The number of nitrogen functional groups attached to an aromatic ring is 1. The zero-order valence-electron chi connectivity index (χ0n) is 9.96. The number of carbonyl (C=O) groups excluding carboxylic acids is 2. The van der Waals surface area contributed by atoms with E-state index in [1.54, 1.807) is 18.2 Å². The van der Waals surface area contributed by atoms with E-state index in [2.05, 4.69) is 4.98 Å². The van der Waals surface area contributed by atoms with Crippen molar-refractivity contribution in [1.82, 2.24) is 9.88 Å². The fraction of sp³-hybridized carbons (Fsp3) is 0.250. The third-order valence-electron chi connectivity index (χ3n) is 2.80. The van der Waals surface area contributed by atoms with E-state index >= 15 is 0 Å². The van der Waals surface area contributed by atoms with Crippen molar-refractivity contribution in [3.8, 4) is 0 Å². The topological polar surface area (TPSA) is 98.7 Å². The van der Waals surface area contributed by atoms with Crippen LogP contribution in [0.3, 0.4) is 0 Å². The summed E-state index contributed by atoms with van der Waals surface area (Å²) in [5.41, 5.74) is 7.39. The number of nitrogens with two attached hydrogens (primary N) is 1. The summed E-state index contributed by atoms with van der Waals surface area (Å²) in [7, 11) is 0. The Labute approximate surface area is 107 Å². The van der Waals surface area contributed by atoms with Crippen LogP contribution in [0.2, 0.25) is 0 Å². The highest BCUT2D eigenvalue weighted by Gasteiger charge is 2.28. The molecule has 2 N–H and O–H groups in total. The average molecular weight is 261 g/mol. The van der Waals surface area contributed by atoms with Crippen molar-refractivity contribution in [3.63, 3.8) is 0 Å². The molecule has 1 aliphatic rings. The lowest BCUT2D eigenvalue weighted by molar-refractivity contribution is -0.159. The minimum atomic E-state index is -0.391. The Balaban J connectivity index is 1.88. The first kappa shape index (κ1) is 11.7. The largest absolute Gasteiger partial charge is 0.439 e. The van der Waals surface area contributed by atoms with E-state index in [1.165, 1.54) is 0 Å². The number of benzene rings is 1. The summed E-state index contributed by atoms with van der Waals surface area (Å²) in [5.74, 6) is -0.486. The molecule has 2 amide bonds. The molecule has 7 nitrogen and oxygen atoms in total. The fourth-order valence-electron chi connectivity index (χ4n) is 1.89. The number of rotatable bonds is 2. The number of hydrogen-bond acceptors (Lipinski definition) is 6. The van der Waals surface area contributed by atoms with E-state index in [4.69, 9.17) is 14.9 Å². The van der Waals surface area contributed by atoms with Crippen LogP contribution in [0.25, 0.3) is 11.1 Å². The van der Waals surface area contributed by atoms with Gasteiger partial charge in [0.05, 0.1) is 0 Å². The molecule has 3 rings (SSSR count). The van der Waals surface area contributed by atoms with E-state index in [-0.39, 0.29) is 19.8 Å². The molecule has 2 heterocycles. The van der Waals surface area contributed by atoms with Gasteiger partial charge in [0.25, 0.3) is 11.8 Å². The summed E-state index contributed by atoms with van der Waals surface area (Å²) in [5, 5.41) is 0. The number of amides is 2. The van der Waals surface area contributed by atoms with Crippen molar-refractivity contribution in [2.45, 2.75) is 6.54 Å².